The number of benzene rings is 1. The van der Waals surface area contributed by atoms with Gasteiger partial charge in [0.1, 0.15) is 11.5 Å². The number of ether oxygens (including phenoxy) is 2. The van der Waals surface area contributed by atoms with Crippen LogP contribution in [0.3, 0.4) is 0 Å². The second-order valence-corrected chi connectivity index (χ2v) is 8.93. The summed E-state index contributed by atoms with van der Waals surface area (Å²) in [5.74, 6) is 1.36. The predicted octanol–water partition coefficient (Wildman–Crippen LogP) is 3.78. The molecule has 30 heavy (non-hydrogen) atoms. The Bertz CT molecular complexity index is 866. The van der Waals surface area contributed by atoms with E-state index in [1.54, 1.807) is 19.1 Å². The van der Waals surface area contributed by atoms with Crippen LogP contribution in [-0.2, 0) is 4.79 Å². The van der Waals surface area contributed by atoms with E-state index in [-0.39, 0.29) is 23.7 Å². The first-order valence-electron chi connectivity index (χ1n) is 10.3. The largest absolute Gasteiger partial charge is 0.497 e. The lowest BCUT2D eigenvalue weighted by atomic mass is 9.87. The van der Waals surface area contributed by atoms with Gasteiger partial charge in [0, 0.05) is 37.2 Å². The van der Waals surface area contributed by atoms with Gasteiger partial charge in [-0.15, -0.1) is 11.3 Å². The zero-order valence-electron chi connectivity index (χ0n) is 18.0. The van der Waals surface area contributed by atoms with Crippen LogP contribution in [0.5, 0.6) is 11.5 Å². The molecular formula is C23H30N2O4S. The Morgan fingerprint density at radius 2 is 2.00 bits per heavy atom. The molecule has 3 rings (SSSR count). The van der Waals surface area contributed by atoms with Crippen LogP contribution in [0.15, 0.2) is 35.7 Å². The molecule has 1 aromatic heterocycles. The van der Waals surface area contributed by atoms with Crippen LogP contribution in [0.2, 0.25) is 0 Å². The maximum absolute atomic E-state index is 13.1. The van der Waals surface area contributed by atoms with Crippen molar-refractivity contribution in [2.75, 3.05) is 33.9 Å². The fourth-order valence-corrected chi connectivity index (χ4v) is 4.54. The molecule has 1 fully saturated rings. The average Bonchev–Trinajstić information content (AvgIpc) is 3.42. The van der Waals surface area contributed by atoms with Gasteiger partial charge in [-0.05, 0) is 29.9 Å². The number of hydrogen-bond donors (Lipinski definition) is 1. The zero-order valence-corrected chi connectivity index (χ0v) is 18.8. The zero-order chi connectivity index (χ0) is 21.7. The highest BCUT2D eigenvalue weighted by atomic mass is 32.1. The summed E-state index contributed by atoms with van der Waals surface area (Å²) < 4.78 is 10.9. The van der Waals surface area contributed by atoms with Crippen LogP contribution in [0.25, 0.3) is 0 Å². The molecule has 0 saturated carbocycles. The lowest BCUT2D eigenvalue weighted by Gasteiger charge is -2.21. The van der Waals surface area contributed by atoms with Crippen LogP contribution in [0.4, 0.5) is 0 Å². The Balaban J connectivity index is 1.86. The number of nitrogens with zero attached hydrogens (tertiary/aromatic N) is 1. The molecule has 162 valence electrons. The van der Waals surface area contributed by atoms with E-state index in [2.05, 4.69) is 19.2 Å². The number of thiophene rings is 1. The molecule has 0 unspecified atom stereocenters. The van der Waals surface area contributed by atoms with Gasteiger partial charge in [0.05, 0.1) is 25.0 Å². The van der Waals surface area contributed by atoms with E-state index in [1.165, 1.54) is 11.3 Å². The van der Waals surface area contributed by atoms with E-state index in [0.717, 1.165) is 12.0 Å². The Kier molecular flexibility index (Phi) is 7.37. The summed E-state index contributed by atoms with van der Waals surface area (Å²) >= 11 is 1.42. The van der Waals surface area contributed by atoms with Gasteiger partial charge >= 0.3 is 0 Å². The van der Waals surface area contributed by atoms with Gasteiger partial charge in [-0.25, -0.2) is 0 Å². The molecular weight excluding hydrogens is 400 g/mol. The van der Waals surface area contributed by atoms with Gasteiger partial charge in [0.15, 0.2) is 0 Å². The first kappa shape index (κ1) is 22.2. The molecule has 1 aliphatic heterocycles. The van der Waals surface area contributed by atoms with E-state index < -0.39 is 0 Å². The van der Waals surface area contributed by atoms with E-state index in [0.29, 0.717) is 41.9 Å². The highest BCUT2D eigenvalue weighted by molar-refractivity contribution is 7.12. The quantitative estimate of drug-likeness (QED) is 0.692. The average molecular weight is 431 g/mol. The topological polar surface area (TPSA) is 67.9 Å². The third kappa shape index (κ3) is 4.95. The van der Waals surface area contributed by atoms with Crippen molar-refractivity contribution in [1.82, 2.24) is 10.2 Å². The van der Waals surface area contributed by atoms with Crippen molar-refractivity contribution in [3.63, 3.8) is 0 Å². The van der Waals surface area contributed by atoms with E-state index in [9.17, 15) is 9.59 Å². The molecule has 1 aromatic carbocycles. The van der Waals surface area contributed by atoms with E-state index in [1.807, 2.05) is 35.7 Å². The summed E-state index contributed by atoms with van der Waals surface area (Å²) in [4.78, 5) is 28.5. The summed E-state index contributed by atoms with van der Waals surface area (Å²) in [6.07, 6.45) is 0.923. The van der Waals surface area contributed by atoms with Gasteiger partial charge < -0.3 is 19.7 Å². The molecule has 7 heteroatoms. The number of nitrogens with one attached hydrogen (secondary N) is 1. The van der Waals surface area contributed by atoms with Gasteiger partial charge in [0.25, 0.3) is 5.91 Å². The molecule has 2 heterocycles. The number of methoxy groups -OCH3 is 2. The Hall–Kier alpha value is -2.54. The molecule has 1 aliphatic rings. The van der Waals surface area contributed by atoms with Gasteiger partial charge in [0.2, 0.25) is 5.91 Å². The van der Waals surface area contributed by atoms with Crippen molar-refractivity contribution in [2.45, 2.75) is 26.2 Å². The minimum atomic E-state index is -0.330. The highest BCUT2D eigenvalue weighted by Crippen LogP contribution is 2.40. The number of amides is 2. The summed E-state index contributed by atoms with van der Waals surface area (Å²) in [7, 11) is 3.22. The first-order valence-corrected chi connectivity index (χ1v) is 11.1. The molecule has 1 N–H and O–H groups in total. The lowest BCUT2D eigenvalue weighted by molar-refractivity contribution is -0.124. The van der Waals surface area contributed by atoms with Crippen molar-refractivity contribution < 1.29 is 19.1 Å². The third-order valence-electron chi connectivity index (χ3n) is 5.54. The fourth-order valence-electron chi connectivity index (χ4n) is 3.85. The molecule has 2 aromatic rings. The smallest absolute Gasteiger partial charge is 0.263 e. The standard InChI is InChI=1S/C23H30N2O4S/c1-15(2)9-10-24-22(26)19-14-25(23(27)21-6-5-11-30-21)13-18(19)17-8-7-16(28-3)12-20(17)29-4/h5-8,11-12,15,18-19H,9-10,13-14H2,1-4H3,(H,24,26)/t18-,19-/m1/s1. The molecule has 6 nitrogen and oxygen atoms in total. The fraction of sp³-hybridized carbons (Fsp3) is 0.478. The monoisotopic (exact) mass is 430 g/mol. The number of rotatable bonds is 8. The first-order chi connectivity index (χ1) is 14.4. The van der Waals surface area contributed by atoms with E-state index in [4.69, 9.17) is 9.47 Å². The Morgan fingerprint density at radius 3 is 2.63 bits per heavy atom. The van der Waals surface area contributed by atoms with Crippen molar-refractivity contribution in [3.05, 3.63) is 46.2 Å². The molecule has 0 spiro atoms. The van der Waals surface area contributed by atoms with Gasteiger partial charge in [-0.2, -0.15) is 0 Å². The summed E-state index contributed by atoms with van der Waals surface area (Å²) in [6.45, 7) is 5.77. The molecule has 0 radical (unpaired) electrons. The molecule has 0 aliphatic carbocycles. The number of carbonyl (C=O) groups is 2. The van der Waals surface area contributed by atoms with Gasteiger partial charge in [-0.1, -0.05) is 26.0 Å². The van der Waals surface area contributed by atoms with Crippen LogP contribution in [0, 0.1) is 11.8 Å². The molecule has 2 atom stereocenters. The van der Waals surface area contributed by atoms with E-state index >= 15 is 0 Å². The van der Waals surface area contributed by atoms with Crippen molar-refractivity contribution in [1.29, 1.82) is 0 Å². The van der Waals surface area contributed by atoms with Crippen molar-refractivity contribution in [3.8, 4) is 11.5 Å². The summed E-state index contributed by atoms with van der Waals surface area (Å²) in [5.41, 5.74) is 0.920. The summed E-state index contributed by atoms with van der Waals surface area (Å²) in [6, 6.07) is 9.33. The normalized spacial score (nSPS) is 18.5. The predicted molar refractivity (Wildman–Crippen MR) is 118 cm³/mol. The second kappa shape index (κ2) is 9.98. The number of carbonyl (C=O) groups excluding carboxylic acids is 2. The van der Waals surface area contributed by atoms with Crippen LogP contribution in [-0.4, -0.2) is 50.6 Å². The SMILES string of the molecule is COc1ccc([C@H]2CN(C(=O)c3cccs3)C[C@H]2C(=O)NCCC(C)C)c(OC)c1. The van der Waals surface area contributed by atoms with Crippen LogP contribution in [0.1, 0.15) is 41.4 Å². The minimum Gasteiger partial charge on any atom is -0.497 e. The maximum Gasteiger partial charge on any atom is 0.263 e. The highest BCUT2D eigenvalue weighted by Gasteiger charge is 2.41. The van der Waals surface area contributed by atoms with Crippen molar-refractivity contribution >= 4 is 23.2 Å². The molecule has 2 amide bonds. The van der Waals surface area contributed by atoms with Crippen LogP contribution < -0.4 is 14.8 Å². The van der Waals surface area contributed by atoms with Crippen LogP contribution >= 0.6 is 11.3 Å². The molecule has 0 bridgehead atoms. The second-order valence-electron chi connectivity index (χ2n) is 7.98. The Morgan fingerprint density at radius 1 is 1.20 bits per heavy atom. The third-order valence-corrected chi connectivity index (χ3v) is 6.39. The van der Waals surface area contributed by atoms with Crippen molar-refractivity contribution in [2.24, 2.45) is 11.8 Å². The number of likely N-dealkylation sites (tertiary alicyclic amines) is 1. The maximum atomic E-state index is 13.1. The minimum absolute atomic E-state index is 0.0139. The number of hydrogen-bond acceptors (Lipinski definition) is 5. The lowest BCUT2D eigenvalue weighted by Crippen LogP contribution is -2.36. The van der Waals surface area contributed by atoms with Gasteiger partial charge in [-0.3, -0.25) is 9.59 Å². The summed E-state index contributed by atoms with van der Waals surface area (Å²) in [5, 5.41) is 4.96. The Labute approximate surface area is 182 Å². The molecule has 1 saturated heterocycles.